The van der Waals surface area contributed by atoms with E-state index in [1.807, 2.05) is 0 Å². The molecule has 0 heterocycles. The van der Waals surface area contributed by atoms with Crippen molar-refractivity contribution in [2.75, 3.05) is 0 Å². The average molecular weight is 407 g/mol. The summed E-state index contributed by atoms with van der Waals surface area (Å²) < 4.78 is 29.7. The first-order chi connectivity index (χ1) is 10.3. The summed E-state index contributed by atoms with van der Waals surface area (Å²) >= 11 is 9.11. The van der Waals surface area contributed by atoms with E-state index >= 15 is 0 Å². The van der Waals surface area contributed by atoms with Crippen LogP contribution < -0.4 is 0 Å². The van der Waals surface area contributed by atoms with Crippen molar-refractivity contribution in [3.8, 4) is 0 Å². The zero-order valence-corrected chi connectivity index (χ0v) is 14.1. The molecule has 9 heteroatoms. The molecule has 0 saturated carbocycles. The zero-order valence-electron chi connectivity index (χ0n) is 10.9. The summed E-state index contributed by atoms with van der Waals surface area (Å²) in [5.41, 5.74) is 0.370. The number of hydrogen-bond donors (Lipinski definition) is 0. The third-order valence-corrected chi connectivity index (χ3v) is 5.00. The van der Waals surface area contributed by atoms with Crippen molar-refractivity contribution < 1.29 is 17.5 Å². The van der Waals surface area contributed by atoms with Crippen molar-refractivity contribution in [1.82, 2.24) is 0 Å². The van der Waals surface area contributed by atoms with Crippen molar-refractivity contribution in [3.63, 3.8) is 0 Å². The fraction of sp³-hybridized carbons (Fsp3) is 0.0769. The molecule has 0 aliphatic rings. The Bertz CT molecular complexity index is 808. The van der Waals surface area contributed by atoms with Crippen LogP contribution in [0.15, 0.2) is 51.8 Å². The van der Waals surface area contributed by atoms with E-state index < -0.39 is 15.0 Å². The second kappa shape index (κ2) is 6.74. The Hall–Kier alpha value is -1.48. The molecule has 0 aliphatic heterocycles. The van der Waals surface area contributed by atoms with Gasteiger partial charge in [0.25, 0.3) is 15.8 Å². The summed E-state index contributed by atoms with van der Waals surface area (Å²) in [6.07, 6.45) is 0. The van der Waals surface area contributed by atoms with Gasteiger partial charge >= 0.3 is 0 Å². The lowest BCUT2D eigenvalue weighted by atomic mass is 10.2. The molecular weight excluding hydrogens is 398 g/mol. The van der Waals surface area contributed by atoms with Crippen molar-refractivity contribution >= 4 is 43.3 Å². The minimum atomic E-state index is -4.02. The lowest BCUT2D eigenvalue weighted by Gasteiger charge is -2.07. The number of hydrogen-bond acceptors (Lipinski definition) is 5. The highest BCUT2D eigenvalue weighted by Crippen LogP contribution is 2.24. The van der Waals surface area contributed by atoms with Gasteiger partial charge in [0.1, 0.15) is 0 Å². The van der Waals surface area contributed by atoms with Crippen LogP contribution >= 0.6 is 27.5 Å². The molecule has 0 unspecified atom stereocenters. The van der Waals surface area contributed by atoms with E-state index in [1.54, 1.807) is 18.2 Å². The van der Waals surface area contributed by atoms with Gasteiger partial charge in [-0.15, -0.1) is 0 Å². The van der Waals surface area contributed by atoms with Gasteiger partial charge in [-0.05, 0) is 35.9 Å². The van der Waals surface area contributed by atoms with Crippen LogP contribution in [0.4, 0.5) is 5.69 Å². The number of benzene rings is 2. The Morgan fingerprint density at radius 2 is 1.82 bits per heavy atom. The van der Waals surface area contributed by atoms with Crippen LogP contribution in [-0.2, 0) is 20.9 Å². The van der Waals surface area contributed by atoms with Crippen LogP contribution in [0.25, 0.3) is 0 Å². The van der Waals surface area contributed by atoms with Crippen molar-refractivity contribution in [2.24, 2.45) is 0 Å². The smallest absolute Gasteiger partial charge is 0.262 e. The lowest BCUT2D eigenvalue weighted by Crippen LogP contribution is -2.07. The Labute approximate surface area is 140 Å². The Kier molecular flexibility index (Phi) is 5.17. The number of non-ortho nitro benzene ring substituents is 1. The lowest BCUT2D eigenvalue weighted by molar-refractivity contribution is -0.384. The summed E-state index contributed by atoms with van der Waals surface area (Å²) in [6.45, 7) is -0.208. The first-order valence-corrected chi connectivity index (χ1v) is 8.45. The summed E-state index contributed by atoms with van der Waals surface area (Å²) in [5, 5.41) is 11.0. The molecule has 0 radical (unpaired) electrons. The second-order valence-electron chi connectivity index (χ2n) is 4.20. The van der Waals surface area contributed by atoms with Gasteiger partial charge in [0.2, 0.25) is 0 Å². The largest absolute Gasteiger partial charge is 0.297 e. The van der Waals surface area contributed by atoms with E-state index in [2.05, 4.69) is 15.9 Å². The highest BCUT2D eigenvalue weighted by Gasteiger charge is 2.17. The number of nitro benzene ring substituents is 1. The van der Waals surface area contributed by atoms with Gasteiger partial charge in [-0.1, -0.05) is 27.5 Å². The highest BCUT2D eigenvalue weighted by molar-refractivity contribution is 9.10. The predicted molar refractivity (Wildman–Crippen MR) is 84.2 cm³/mol. The molecule has 0 bridgehead atoms. The zero-order chi connectivity index (χ0) is 16.3. The van der Waals surface area contributed by atoms with Crippen LogP contribution in [0.5, 0.6) is 0 Å². The van der Waals surface area contributed by atoms with Gasteiger partial charge in [0, 0.05) is 21.6 Å². The molecule has 0 amide bonds. The van der Waals surface area contributed by atoms with E-state index in [0.717, 1.165) is 24.3 Å². The fourth-order valence-electron chi connectivity index (χ4n) is 1.60. The molecule has 0 saturated heterocycles. The molecule has 0 spiro atoms. The molecular formula is C13H9BrClNO5S. The number of nitro groups is 1. The SMILES string of the molecule is O=[N+]([O-])c1ccc(S(=O)(=O)OCc2cc(Cl)ccc2Br)cc1. The minimum absolute atomic E-state index is 0.156. The van der Waals surface area contributed by atoms with Gasteiger partial charge in [0.05, 0.1) is 16.4 Å². The van der Waals surface area contributed by atoms with E-state index in [1.165, 1.54) is 0 Å². The number of nitrogens with zero attached hydrogens (tertiary/aromatic N) is 1. The topological polar surface area (TPSA) is 86.5 Å². The van der Waals surface area contributed by atoms with Crippen LogP contribution in [0, 0.1) is 10.1 Å². The molecule has 0 N–H and O–H groups in total. The monoisotopic (exact) mass is 405 g/mol. The highest BCUT2D eigenvalue weighted by atomic mass is 79.9. The standard InChI is InChI=1S/C13H9BrClNO5S/c14-13-6-1-10(15)7-9(13)8-21-22(19,20)12-4-2-11(3-5-12)16(17)18/h1-7H,8H2. The van der Waals surface area contributed by atoms with Gasteiger partial charge < -0.3 is 0 Å². The van der Waals surface area contributed by atoms with Crippen molar-refractivity contribution in [1.29, 1.82) is 0 Å². The molecule has 0 aliphatic carbocycles. The van der Waals surface area contributed by atoms with Gasteiger partial charge in [-0.25, -0.2) is 0 Å². The Morgan fingerprint density at radius 3 is 2.41 bits per heavy atom. The Balaban J connectivity index is 2.17. The Morgan fingerprint density at radius 1 is 1.18 bits per heavy atom. The van der Waals surface area contributed by atoms with E-state index in [0.29, 0.717) is 15.1 Å². The normalized spacial score (nSPS) is 11.4. The van der Waals surface area contributed by atoms with E-state index in [-0.39, 0.29) is 17.2 Å². The number of halogens is 2. The maximum Gasteiger partial charge on any atom is 0.297 e. The van der Waals surface area contributed by atoms with Crippen LogP contribution in [0.1, 0.15) is 5.56 Å². The van der Waals surface area contributed by atoms with Crippen molar-refractivity contribution in [3.05, 3.63) is 67.6 Å². The predicted octanol–water partition coefficient (Wildman–Crippen LogP) is 3.92. The second-order valence-corrected chi connectivity index (χ2v) is 7.11. The molecule has 0 aromatic heterocycles. The van der Waals surface area contributed by atoms with E-state index in [4.69, 9.17) is 15.8 Å². The third-order valence-electron chi connectivity index (χ3n) is 2.71. The van der Waals surface area contributed by atoms with Gasteiger partial charge in [0.15, 0.2) is 0 Å². The van der Waals surface area contributed by atoms with Crippen LogP contribution in [0.3, 0.4) is 0 Å². The van der Waals surface area contributed by atoms with Crippen molar-refractivity contribution in [2.45, 2.75) is 11.5 Å². The molecule has 0 fully saturated rings. The molecule has 2 rings (SSSR count). The number of rotatable bonds is 5. The summed E-state index contributed by atoms with van der Waals surface area (Å²) in [7, 11) is -4.02. The summed E-state index contributed by atoms with van der Waals surface area (Å²) in [6, 6.07) is 9.37. The molecule has 2 aromatic carbocycles. The van der Waals surface area contributed by atoms with Gasteiger partial charge in [-0.3, -0.25) is 14.3 Å². The maximum absolute atomic E-state index is 12.0. The maximum atomic E-state index is 12.0. The average Bonchev–Trinajstić information content (AvgIpc) is 2.48. The summed E-state index contributed by atoms with van der Waals surface area (Å²) in [4.78, 5) is 9.78. The molecule has 0 atom stereocenters. The van der Waals surface area contributed by atoms with Crippen LogP contribution in [0.2, 0.25) is 5.02 Å². The quantitative estimate of drug-likeness (QED) is 0.427. The molecule has 116 valence electrons. The van der Waals surface area contributed by atoms with Gasteiger partial charge in [-0.2, -0.15) is 8.42 Å². The molecule has 6 nitrogen and oxygen atoms in total. The first kappa shape index (κ1) is 16.9. The third kappa shape index (κ3) is 4.04. The molecule has 2 aromatic rings. The van der Waals surface area contributed by atoms with Crippen LogP contribution in [-0.4, -0.2) is 13.3 Å². The first-order valence-electron chi connectivity index (χ1n) is 5.87. The minimum Gasteiger partial charge on any atom is -0.262 e. The van der Waals surface area contributed by atoms with E-state index in [9.17, 15) is 18.5 Å². The fourth-order valence-corrected chi connectivity index (χ4v) is 3.04. The summed E-state index contributed by atoms with van der Waals surface area (Å²) in [5.74, 6) is 0. The molecule has 22 heavy (non-hydrogen) atoms.